The van der Waals surface area contributed by atoms with Gasteiger partial charge in [0, 0.05) is 42.9 Å². The Morgan fingerprint density at radius 2 is 2.00 bits per heavy atom. The van der Waals surface area contributed by atoms with Gasteiger partial charge < -0.3 is 10.2 Å². The highest BCUT2D eigenvalue weighted by Gasteiger charge is 2.26. The third-order valence-electron chi connectivity index (χ3n) is 5.94. The van der Waals surface area contributed by atoms with E-state index < -0.39 is 0 Å². The summed E-state index contributed by atoms with van der Waals surface area (Å²) < 4.78 is 1.06. The summed E-state index contributed by atoms with van der Waals surface area (Å²) in [5.41, 5.74) is 4.94. The van der Waals surface area contributed by atoms with E-state index in [-0.39, 0.29) is 6.03 Å². The predicted octanol–water partition coefficient (Wildman–Crippen LogP) is 5.06. The first-order valence-electron chi connectivity index (χ1n) is 10.2. The highest BCUT2D eigenvalue weighted by molar-refractivity contribution is 9.10. The average Bonchev–Trinajstić information content (AvgIpc) is 2.71. The summed E-state index contributed by atoms with van der Waals surface area (Å²) in [6.07, 6.45) is 3.43. The molecule has 0 radical (unpaired) electrons. The molecule has 2 aliphatic heterocycles. The van der Waals surface area contributed by atoms with Crippen LogP contribution in [0.3, 0.4) is 0 Å². The van der Waals surface area contributed by atoms with Gasteiger partial charge in [-0.25, -0.2) is 4.79 Å². The highest BCUT2D eigenvalue weighted by atomic mass is 79.9. The molecule has 5 heteroatoms. The van der Waals surface area contributed by atoms with Crippen LogP contribution >= 0.6 is 15.9 Å². The van der Waals surface area contributed by atoms with E-state index in [4.69, 9.17) is 0 Å². The van der Waals surface area contributed by atoms with Crippen LogP contribution in [0, 0.1) is 12.8 Å². The predicted molar refractivity (Wildman–Crippen MR) is 118 cm³/mol. The van der Waals surface area contributed by atoms with Crippen molar-refractivity contribution in [1.29, 1.82) is 0 Å². The minimum Gasteiger partial charge on any atom is -0.324 e. The first-order chi connectivity index (χ1) is 13.6. The molecule has 4 rings (SSSR count). The van der Waals surface area contributed by atoms with Crippen molar-refractivity contribution in [2.45, 2.75) is 32.7 Å². The minimum atomic E-state index is 0.0235. The lowest BCUT2D eigenvalue weighted by Gasteiger charge is -2.37. The number of amides is 2. The summed E-state index contributed by atoms with van der Waals surface area (Å²) in [7, 11) is 0. The Hall–Kier alpha value is -1.85. The molecule has 4 nitrogen and oxygen atoms in total. The zero-order valence-corrected chi connectivity index (χ0v) is 18.0. The van der Waals surface area contributed by atoms with Crippen LogP contribution in [0.15, 0.2) is 46.9 Å². The smallest absolute Gasteiger partial charge is 0.321 e. The number of carbonyl (C=O) groups is 1. The molecular formula is C23H28BrN3O. The summed E-state index contributed by atoms with van der Waals surface area (Å²) in [5, 5.41) is 3.07. The lowest BCUT2D eigenvalue weighted by Crippen LogP contribution is -2.46. The van der Waals surface area contributed by atoms with Gasteiger partial charge in [-0.2, -0.15) is 0 Å². The van der Waals surface area contributed by atoms with Gasteiger partial charge in [-0.1, -0.05) is 40.2 Å². The van der Waals surface area contributed by atoms with E-state index in [0.29, 0.717) is 5.92 Å². The van der Waals surface area contributed by atoms with E-state index in [1.54, 1.807) is 0 Å². The molecule has 0 aromatic heterocycles. The van der Waals surface area contributed by atoms with Crippen molar-refractivity contribution >= 4 is 27.6 Å². The fraction of sp³-hybridized carbons (Fsp3) is 0.435. The molecule has 28 heavy (non-hydrogen) atoms. The van der Waals surface area contributed by atoms with E-state index >= 15 is 0 Å². The first kappa shape index (κ1) is 19.5. The molecule has 2 heterocycles. The van der Waals surface area contributed by atoms with Gasteiger partial charge in [0.25, 0.3) is 0 Å². The van der Waals surface area contributed by atoms with Gasteiger partial charge in [0.1, 0.15) is 0 Å². The number of fused-ring (bicyclic) bond motifs is 1. The van der Waals surface area contributed by atoms with Crippen LogP contribution in [0.5, 0.6) is 0 Å². The maximum Gasteiger partial charge on any atom is 0.321 e. The number of hydrogen-bond donors (Lipinski definition) is 1. The molecular weight excluding hydrogens is 414 g/mol. The number of nitrogens with zero attached hydrogens (tertiary/aromatic N) is 2. The van der Waals surface area contributed by atoms with Gasteiger partial charge in [0.15, 0.2) is 0 Å². The van der Waals surface area contributed by atoms with E-state index in [0.717, 1.165) is 61.3 Å². The second-order valence-corrected chi connectivity index (χ2v) is 8.96. The monoisotopic (exact) mass is 441 g/mol. The molecule has 1 unspecified atom stereocenters. The molecule has 2 amide bonds. The van der Waals surface area contributed by atoms with Gasteiger partial charge >= 0.3 is 6.03 Å². The zero-order valence-electron chi connectivity index (χ0n) is 16.5. The van der Waals surface area contributed by atoms with Crippen LogP contribution in [0.1, 0.15) is 29.5 Å². The van der Waals surface area contributed by atoms with Crippen molar-refractivity contribution in [3.8, 4) is 0 Å². The normalized spacial score (nSPS) is 19.9. The number of nitrogens with one attached hydrogen (secondary N) is 1. The molecule has 0 bridgehead atoms. The lowest BCUT2D eigenvalue weighted by atomic mass is 9.95. The van der Waals surface area contributed by atoms with Crippen LogP contribution < -0.4 is 5.32 Å². The zero-order chi connectivity index (χ0) is 19.5. The quantitative estimate of drug-likeness (QED) is 0.722. The van der Waals surface area contributed by atoms with Crippen molar-refractivity contribution in [3.63, 3.8) is 0 Å². The Morgan fingerprint density at radius 1 is 1.18 bits per heavy atom. The van der Waals surface area contributed by atoms with Gasteiger partial charge in [0.2, 0.25) is 0 Å². The molecule has 2 aromatic rings. The Labute approximate surface area is 176 Å². The average molecular weight is 442 g/mol. The number of hydrogen-bond acceptors (Lipinski definition) is 2. The van der Waals surface area contributed by atoms with Crippen molar-refractivity contribution in [3.05, 3.63) is 63.6 Å². The Bertz CT molecular complexity index is 853. The van der Waals surface area contributed by atoms with E-state index in [2.05, 4.69) is 50.4 Å². The third kappa shape index (κ3) is 4.58. The Balaban J connectivity index is 1.33. The molecule has 1 saturated heterocycles. The molecule has 1 atom stereocenters. The standard InChI is InChI=1S/C23H28BrN3O/c1-17-13-21(8-9-22(17)24)25-23(28)27-11-4-5-18(15-27)14-26-12-10-19-6-2-3-7-20(19)16-26/h2-3,6-9,13,18H,4-5,10-12,14-16H2,1H3,(H,25,28). The molecule has 0 spiro atoms. The second-order valence-electron chi connectivity index (χ2n) is 8.10. The summed E-state index contributed by atoms with van der Waals surface area (Å²) in [4.78, 5) is 17.3. The molecule has 2 aliphatic rings. The fourth-order valence-electron chi connectivity index (χ4n) is 4.40. The Kier molecular flexibility index (Phi) is 6.02. The molecule has 148 valence electrons. The van der Waals surface area contributed by atoms with E-state index in [9.17, 15) is 4.79 Å². The van der Waals surface area contributed by atoms with Gasteiger partial charge in [-0.05, 0) is 67.0 Å². The number of carbonyl (C=O) groups excluding carboxylic acids is 1. The van der Waals surface area contributed by atoms with Gasteiger partial charge in [0.05, 0.1) is 0 Å². The van der Waals surface area contributed by atoms with E-state index in [1.807, 2.05) is 30.0 Å². The number of halogens is 1. The van der Waals surface area contributed by atoms with Crippen LogP contribution in [0.2, 0.25) is 0 Å². The van der Waals surface area contributed by atoms with Crippen molar-refractivity contribution in [2.24, 2.45) is 5.92 Å². The fourth-order valence-corrected chi connectivity index (χ4v) is 4.65. The van der Waals surface area contributed by atoms with Gasteiger partial charge in [-0.15, -0.1) is 0 Å². The number of likely N-dealkylation sites (tertiary alicyclic amines) is 1. The summed E-state index contributed by atoms with van der Waals surface area (Å²) in [5.74, 6) is 0.552. The topological polar surface area (TPSA) is 35.6 Å². The number of rotatable bonds is 3. The van der Waals surface area contributed by atoms with Crippen molar-refractivity contribution < 1.29 is 4.79 Å². The van der Waals surface area contributed by atoms with Crippen LogP contribution in [0.25, 0.3) is 0 Å². The third-order valence-corrected chi connectivity index (χ3v) is 6.83. The minimum absolute atomic E-state index is 0.0235. The number of piperidine rings is 1. The van der Waals surface area contributed by atoms with Crippen molar-refractivity contribution in [2.75, 3.05) is 31.5 Å². The molecule has 2 aromatic carbocycles. The lowest BCUT2D eigenvalue weighted by molar-refractivity contribution is 0.140. The first-order valence-corrected chi connectivity index (χ1v) is 11.0. The number of benzene rings is 2. The summed E-state index contributed by atoms with van der Waals surface area (Å²) in [6, 6.07) is 14.7. The van der Waals surface area contributed by atoms with Crippen LogP contribution in [0.4, 0.5) is 10.5 Å². The van der Waals surface area contributed by atoms with Crippen LogP contribution in [-0.4, -0.2) is 42.0 Å². The molecule has 1 N–H and O–H groups in total. The Morgan fingerprint density at radius 3 is 2.82 bits per heavy atom. The largest absolute Gasteiger partial charge is 0.324 e. The van der Waals surface area contributed by atoms with Crippen LogP contribution in [-0.2, 0) is 13.0 Å². The maximum atomic E-state index is 12.8. The van der Waals surface area contributed by atoms with Crippen molar-refractivity contribution in [1.82, 2.24) is 9.80 Å². The highest BCUT2D eigenvalue weighted by Crippen LogP contribution is 2.24. The molecule has 1 fully saturated rings. The van der Waals surface area contributed by atoms with Gasteiger partial charge in [-0.3, -0.25) is 4.90 Å². The number of aryl methyl sites for hydroxylation is 1. The summed E-state index contributed by atoms with van der Waals surface area (Å²) >= 11 is 3.51. The maximum absolute atomic E-state index is 12.8. The second kappa shape index (κ2) is 8.66. The molecule has 0 aliphatic carbocycles. The number of anilines is 1. The van der Waals surface area contributed by atoms with E-state index in [1.165, 1.54) is 17.5 Å². The SMILES string of the molecule is Cc1cc(NC(=O)N2CCCC(CN3CCc4ccccc4C3)C2)ccc1Br. The number of urea groups is 1. The summed E-state index contributed by atoms with van der Waals surface area (Å²) in [6.45, 7) is 6.97. The molecule has 0 saturated carbocycles.